The predicted octanol–water partition coefficient (Wildman–Crippen LogP) is 6.31. The van der Waals surface area contributed by atoms with E-state index in [1.165, 1.54) is 40.9 Å². The molecule has 0 aliphatic heterocycles. The van der Waals surface area contributed by atoms with E-state index in [-0.39, 0.29) is 29.5 Å². The Hall–Kier alpha value is -4.35. The van der Waals surface area contributed by atoms with Crippen LogP contribution in [0.3, 0.4) is 0 Å². The Labute approximate surface area is 281 Å². The molecule has 0 saturated heterocycles. The van der Waals surface area contributed by atoms with Crippen LogP contribution in [0.25, 0.3) is 0 Å². The molecule has 0 aromatic heterocycles. The monoisotopic (exact) mass is 677 g/mol. The molecule has 4 aromatic carbocycles. The average Bonchev–Trinajstić information content (AvgIpc) is 3.09. The van der Waals surface area contributed by atoms with Crippen molar-refractivity contribution >= 4 is 39.3 Å². The zero-order chi connectivity index (χ0) is 33.8. The van der Waals surface area contributed by atoms with Gasteiger partial charge in [-0.3, -0.25) is 13.9 Å². The highest BCUT2D eigenvalue weighted by molar-refractivity contribution is 7.98. The Kier molecular flexibility index (Phi) is 12.8. The number of rotatable bonds is 16. The van der Waals surface area contributed by atoms with E-state index in [9.17, 15) is 22.4 Å². The number of nitrogens with zero attached hydrogens (tertiary/aromatic N) is 2. The molecule has 0 spiro atoms. The van der Waals surface area contributed by atoms with Crippen LogP contribution in [0, 0.1) is 5.82 Å². The molecule has 0 radical (unpaired) electrons. The topological polar surface area (TPSA) is 96.0 Å². The summed E-state index contributed by atoms with van der Waals surface area (Å²) < 4.78 is 48.9. The van der Waals surface area contributed by atoms with Crippen LogP contribution in [0.2, 0.25) is 0 Å². The number of thioether (sulfide) groups is 1. The van der Waals surface area contributed by atoms with E-state index < -0.39 is 34.3 Å². The number of benzene rings is 4. The van der Waals surface area contributed by atoms with Crippen molar-refractivity contribution in [3.8, 4) is 5.75 Å². The van der Waals surface area contributed by atoms with Crippen molar-refractivity contribution in [3.05, 3.63) is 120 Å². The van der Waals surface area contributed by atoms with Gasteiger partial charge in [-0.2, -0.15) is 0 Å². The summed E-state index contributed by atoms with van der Waals surface area (Å²) in [5.74, 6) is -0.847. The van der Waals surface area contributed by atoms with Crippen molar-refractivity contribution in [3.63, 3.8) is 0 Å². The lowest BCUT2D eigenvalue weighted by Gasteiger charge is -2.34. The van der Waals surface area contributed by atoms with Crippen molar-refractivity contribution in [2.75, 3.05) is 30.3 Å². The summed E-state index contributed by atoms with van der Waals surface area (Å²) in [7, 11) is -4.24. The number of carbonyl (C=O) groups excluding carboxylic acids is 2. The lowest BCUT2D eigenvalue weighted by atomic mass is 10.0. The van der Waals surface area contributed by atoms with Crippen LogP contribution in [0.4, 0.5) is 10.1 Å². The lowest BCUT2D eigenvalue weighted by Crippen LogP contribution is -2.53. The van der Waals surface area contributed by atoms with Gasteiger partial charge in [-0.1, -0.05) is 49.4 Å². The summed E-state index contributed by atoms with van der Waals surface area (Å²) in [5, 5.41) is 2.91. The second-order valence-electron chi connectivity index (χ2n) is 10.8. The fourth-order valence-corrected chi connectivity index (χ4v) is 6.81. The smallest absolute Gasteiger partial charge is 0.264 e. The van der Waals surface area contributed by atoms with Crippen LogP contribution in [0.15, 0.2) is 113 Å². The van der Waals surface area contributed by atoms with Crippen molar-refractivity contribution in [1.82, 2.24) is 10.2 Å². The Bertz CT molecular complexity index is 1700. The number of sulfonamides is 1. The molecule has 248 valence electrons. The number of halogens is 1. The summed E-state index contributed by atoms with van der Waals surface area (Å²) >= 11 is 1.48. The first-order chi connectivity index (χ1) is 22.7. The van der Waals surface area contributed by atoms with Gasteiger partial charge in [0.2, 0.25) is 11.8 Å². The molecule has 2 amide bonds. The van der Waals surface area contributed by atoms with Gasteiger partial charge >= 0.3 is 0 Å². The number of anilines is 1. The van der Waals surface area contributed by atoms with Crippen LogP contribution >= 0.6 is 11.8 Å². The number of nitrogens with one attached hydrogen (secondary N) is 1. The zero-order valence-electron chi connectivity index (χ0n) is 26.8. The van der Waals surface area contributed by atoms with E-state index in [1.54, 1.807) is 48.5 Å². The van der Waals surface area contributed by atoms with Crippen LogP contribution in [0.1, 0.15) is 31.4 Å². The van der Waals surface area contributed by atoms with Crippen LogP contribution < -0.4 is 14.4 Å². The molecule has 4 aromatic rings. The molecule has 0 aliphatic rings. The highest BCUT2D eigenvalue weighted by Gasteiger charge is 2.34. The first kappa shape index (κ1) is 35.5. The van der Waals surface area contributed by atoms with E-state index >= 15 is 0 Å². The van der Waals surface area contributed by atoms with Crippen LogP contribution in [-0.4, -0.2) is 57.1 Å². The Morgan fingerprint density at radius 2 is 1.53 bits per heavy atom. The molecule has 1 atom stereocenters. The van der Waals surface area contributed by atoms with Crippen molar-refractivity contribution in [2.24, 2.45) is 0 Å². The number of carbonyl (C=O) groups is 2. The van der Waals surface area contributed by atoms with Gasteiger partial charge in [-0.15, -0.1) is 11.8 Å². The standard InChI is InChI=1S/C36H40FN3O5S2/c1-4-23-38-36(42)34(24-27-9-7-6-8-10-27)39(25-28-11-13-29(37)14-12-28)35(41)26-40(30-15-17-31(18-16-30)45-5-2)47(43,44)33-21-19-32(46-3)20-22-33/h6-22,34H,4-5,23-26H2,1-3H3,(H,38,42). The maximum Gasteiger partial charge on any atom is 0.264 e. The number of hydrogen-bond donors (Lipinski definition) is 1. The highest BCUT2D eigenvalue weighted by atomic mass is 32.2. The van der Waals surface area contributed by atoms with Gasteiger partial charge in [-0.05, 0) is 91.4 Å². The Morgan fingerprint density at radius 3 is 2.13 bits per heavy atom. The fourth-order valence-electron chi connectivity index (χ4n) is 4.99. The summed E-state index contributed by atoms with van der Waals surface area (Å²) in [6, 6.07) is 26.9. The minimum Gasteiger partial charge on any atom is -0.494 e. The second kappa shape index (κ2) is 17.0. The third-order valence-corrected chi connectivity index (χ3v) is 9.98. The lowest BCUT2D eigenvalue weighted by molar-refractivity contribution is -0.140. The molecule has 47 heavy (non-hydrogen) atoms. The van der Waals surface area contributed by atoms with E-state index in [2.05, 4.69) is 5.32 Å². The molecule has 0 aliphatic carbocycles. The molecule has 0 heterocycles. The Morgan fingerprint density at radius 1 is 0.872 bits per heavy atom. The first-order valence-electron chi connectivity index (χ1n) is 15.4. The minimum atomic E-state index is -4.24. The average molecular weight is 678 g/mol. The van der Waals surface area contributed by atoms with E-state index in [4.69, 9.17) is 4.74 Å². The van der Waals surface area contributed by atoms with Gasteiger partial charge < -0.3 is 15.0 Å². The van der Waals surface area contributed by atoms with Crippen molar-refractivity contribution in [1.29, 1.82) is 0 Å². The fraction of sp³-hybridized carbons (Fsp3) is 0.278. The molecular formula is C36H40FN3O5S2. The summed E-state index contributed by atoms with van der Waals surface area (Å²) in [5.41, 5.74) is 1.67. The van der Waals surface area contributed by atoms with Gasteiger partial charge in [0.05, 0.1) is 17.2 Å². The quantitative estimate of drug-likeness (QED) is 0.140. The molecular weight excluding hydrogens is 638 g/mol. The maximum atomic E-state index is 14.5. The molecule has 11 heteroatoms. The summed E-state index contributed by atoms with van der Waals surface area (Å²) in [4.78, 5) is 30.5. The first-order valence-corrected chi connectivity index (χ1v) is 18.1. The molecule has 0 saturated carbocycles. The second-order valence-corrected chi connectivity index (χ2v) is 13.5. The predicted molar refractivity (Wildman–Crippen MR) is 185 cm³/mol. The van der Waals surface area contributed by atoms with Crippen molar-refractivity contribution in [2.45, 2.75) is 49.1 Å². The van der Waals surface area contributed by atoms with Gasteiger partial charge in [0, 0.05) is 24.4 Å². The van der Waals surface area contributed by atoms with Gasteiger partial charge in [0.1, 0.15) is 24.2 Å². The molecule has 0 fully saturated rings. The number of hydrogen-bond acceptors (Lipinski definition) is 6. The normalized spacial score (nSPS) is 11.8. The minimum absolute atomic E-state index is 0.0172. The van der Waals surface area contributed by atoms with E-state index in [0.717, 1.165) is 14.8 Å². The largest absolute Gasteiger partial charge is 0.494 e. The Balaban J connectivity index is 1.79. The van der Waals surface area contributed by atoms with Gasteiger partial charge in [0.15, 0.2) is 0 Å². The van der Waals surface area contributed by atoms with Gasteiger partial charge in [-0.25, -0.2) is 12.8 Å². The van der Waals surface area contributed by atoms with Crippen LogP contribution in [0.5, 0.6) is 5.75 Å². The zero-order valence-corrected chi connectivity index (χ0v) is 28.4. The molecule has 1 unspecified atom stereocenters. The third kappa shape index (κ3) is 9.59. The molecule has 8 nitrogen and oxygen atoms in total. The molecule has 4 rings (SSSR count). The van der Waals surface area contributed by atoms with Crippen LogP contribution in [-0.2, 0) is 32.6 Å². The van der Waals surface area contributed by atoms with E-state index in [0.29, 0.717) is 30.9 Å². The maximum absolute atomic E-state index is 14.5. The highest BCUT2D eigenvalue weighted by Crippen LogP contribution is 2.28. The summed E-state index contributed by atoms with van der Waals surface area (Å²) in [6.07, 6.45) is 2.77. The third-order valence-electron chi connectivity index (χ3n) is 7.45. The number of amides is 2. The van der Waals surface area contributed by atoms with Crippen molar-refractivity contribution < 1.29 is 27.1 Å². The number of ether oxygens (including phenoxy) is 1. The molecule has 0 bridgehead atoms. The van der Waals surface area contributed by atoms with Gasteiger partial charge in [0.25, 0.3) is 10.0 Å². The summed E-state index contributed by atoms with van der Waals surface area (Å²) in [6.45, 7) is 3.98. The molecule has 1 N–H and O–H groups in total. The van der Waals surface area contributed by atoms with E-state index in [1.807, 2.05) is 50.4 Å². The SMILES string of the molecule is CCCNC(=O)C(Cc1ccccc1)N(Cc1ccc(F)cc1)C(=O)CN(c1ccc(OCC)cc1)S(=O)(=O)c1ccc(SC)cc1.